The van der Waals surface area contributed by atoms with E-state index in [4.69, 9.17) is 0 Å². The SMILES string of the molecule is CCC1(CNS(=O)(=O)c2ccccc2C)CC1. The van der Waals surface area contributed by atoms with Crippen LogP contribution in [-0.2, 0) is 10.0 Å². The fourth-order valence-corrected chi connectivity index (χ4v) is 3.42. The molecule has 0 bridgehead atoms. The van der Waals surface area contributed by atoms with E-state index in [1.807, 2.05) is 19.1 Å². The Labute approximate surface area is 103 Å². The van der Waals surface area contributed by atoms with Gasteiger partial charge >= 0.3 is 0 Å². The number of aryl methyl sites for hydroxylation is 1. The number of hydrogen-bond donors (Lipinski definition) is 1. The Morgan fingerprint density at radius 3 is 2.47 bits per heavy atom. The number of hydrogen-bond acceptors (Lipinski definition) is 2. The standard InChI is InChI=1S/C13H19NO2S/c1-3-13(8-9-13)10-14-17(15,16)12-7-5-4-6-11(12)2/h4-7,14H,3,8-10H2,1-2H3. The van der Waals surface area contributed by atoms with Crippen molar-refractivity contribution in [3.8, 4) is 0 Å². The quantitative estimate of drug-likeness (QED) is 0.876. The van der Waals surface area contributed by atoms with E-state index in [2.05, 4.69) is 11.6 Å². The monoisotopic (exact) mass is 253 g/mol. The molecule has 0 amide bonds. The number of rotatable bonds is 5. The lowest BCUT2D eigenvalue weighted by Crippen LogP contribution is -2.30. The Kier molecular flexibility index (Phi) is 3.27. The predicted molar refractivity (Wildman–Crippen MR) is 68.3 cm³/mol. The first kappa shape index (κ1) is 12.6. The van der Waals surface area contributed by atoms with Crippen LogP contribution in [0.2, 0.25) is 0 Å². The molecule has 0 aromatic heterocycles. The second-order valence-corrected chi connectivity index (χ2v) is 6.68. The number of sulfonamides is 1. The van der Waals surface area contributed by atoms with E-state index in [-0.39, 0.29) is 5.41 Å². The van der Waals surface area contributed by atoms with Crippen LogP contribution in [0.5, 0.6) is 0 Å². The molecule has 4 heteroatoms. The van der Waals surface area contributed by atoms with Crippen LogP contribution in [-0.4, -0.2) is 15.0 Å². The van der Waals surface area contributed by atoms with Crippen molar-refractivity contribution in [2.24, 2.45) is 5.41 Å². The Morgan fingerprint density at radius 2 is 1.94 bits per heavy atom. The summed E-state index contributed by atoms with van der Waals surface area (Å²) in [6.45, 7) is 4.51. The van der Waals surface area contributed by atoms with Crippen LogP contribution in [0.25, 0.3) is 0 Å². The summed E-state index contributed by atoms with van der Waals surface area (Å²) in [6, 6.07) is 7.08. The molecule has 1 aliphatic carbocycles. The number of benzene rings is 1. The van der Waals surface area contributed by atoms with Crippen LogP contribution in [0.1, 0.15) is 31.7 Å². The molecule has 1 aromatic carbocycles. The van der Waals surface area contributed by atoms with Gasteiger partial charge in [-0.15, -0.1) is 0 Å². The summed E-state index contributed by atoms with van der Waals surface area (Å²) < 4.78 is 27.0. The van der Waals surface area contributed by atoms with E-state index in [0.29, 0.717) is 11.4 Å². The van der Waals surface area contributed by atoms with Gasteiger partial charge in [0.1, 0.15) is 0 Å². The highest BCUT2D eigenvalue weighted by molar-refractivity contribution is 7.89. The zero-order chi connectivity index (χ0) is 12.5. The van der Waals surface area contributed by atoms with Crippen LogP contribution >= 0.6 is 0 Å². The van der Waals surface area contributed by atoms with Gasteiger partial charge in [0.25, 0.3) is 0 Å². The summed E-state index contributed by atoms with van der Waals surface area (Å²) >= 11 is 0. The minimum atomic E-state index is -3.34. The highest BCUT2D eigenvalue weighted by atomic mass is 32.2. The van der Waals surface area contributed by atoms with Crippen molar-refractivity contribution in [3.05, 3.63) is 29.8 Å². The molecule has 1 aliphatic rings. The molecular formula is C13H19NO2S. The molecule has 0 unspecified atom stereocenters. The Balaban J connectivity index is 2.12. The van der Waals surface area contributed by atoms with Gasteiger partial charge in [-0.3, -0.25) is 0 Å². The summed E-state index contributed by atoms with van der Waals surface area (Å²) in [6.07, 6.45) is 3.32. The Bertz CT molecular complexity index is 504. The zero-order valence-corrected chi connectivity index (χ0v) is 11.2. The van der Waals surface area contributed by atoms with Gasteiger partial charge in [0.05, 0.1) is 4.90 Å². The van der Waals surface area contributed by atoms with Crippen molar-refractivity contribution < 1.29 is 8.42 Å². The molecular weight excluding hydrogens is 234 g/mol. The highest BCUT2D eigenvalue weighted by Gasteiger charge is 2.41. The normalized spacial score (nSPS) is 18.0. The Morgan fingerprint density at radius 1 is 1.29 bits per heavy atom. The molecule has 94 valence electrons. The molecule has 0 spiro atoms. The van der Waals surface area contributed by atoms with Crippen LogP contribution < -0.4 is 4.72 Å². The molecule has 1 N–H and O–H groups in total. The minimum absolute atomic E-state index is 0.232. The molecule has 0 aliphatic heterocycles. The van der Waals surface area contributed by atoms with Crippen LogP contribution in [0.4, 0.5) is 0 Å². The molecule has 2 rings (SSSR count). The van der Waals surface area contributed by atoms with E-state index in [1.165, 1.54) is 0 Å². The molecule has 1 aromatic rings. The van der Waals surface area contributed by atoms with Crippen molar-refractivity contribution in [3.63, 3.8) is 0 Å². The lowest BCUT2D eigenvalue weighted by atomic mass is 10.1. The fourth-order valence-electron chi connectivity index (χ4n) is 2.02. The summed E-state index contributed by atoms with van der Waals surface area (Å²) in [4.78, 5) is 0.395. The first-order chi connectivity index (χ1) is 7.99. The summed E-state index contributed by atoms with van der Waals surface area (Å²) in [5.74, 6) is 0. The molecule has 1 saturated carbocycles. The van der Waals surface area contributed by atoms with Gasteiger partial charge in [-0.1, -0.05) is 25.1 Å². The fraction of sp³-hybridized carbons (Fsp3) is 0.538. The molecule has 17 heavy (non-hydrogen) atoms. The maximum atomic E-state index is 12.1. The summed E-state index contributed by atoms with van der Waals surface area (Å²) in [5, 5.41) is 0. The van der Waals surface area contributed by atoms with Gasteiger partial charge < -0.3 is 0 Å². The highest BCUT2D eigenvalue weighted by Crippen LogP contribution is 2.48. The molecule has 0 saturated heterocycles. The maximum absolute atomic E-state index is 12.1. The molecule has 0 radical (unpaired) electrons. The van der Waals surface area contributed by atoms with Crippen LogP contribution in [0, 0.1) is 12.3 Å². The third kappa shape index (κ3) is 2.69. The van der Waals surface area contributed by atoms with Crippen molar-refractivity contribution in [2.45, 2.75) is 38.0 Å². The van der Waals surface area contributed by atoms with E-state index in [9.17, 15) is 8.42 Å². The average molecular weight is 253 g/mol. The molecule has 3 nitrogen and oxygen atoms in total. The molecule has 0 heterocycles. The zero-order valence-electron chi connectivity index (χ0n) is 10.4. The second kappa shape index (κ2) is 4.42. The van der Waals surface area contributed by atoms with Crippen molar-refractivity contribution in [1.82, 2.24) is 4.72 Å². The number of nitrogens with one attached hydrogen (secondary N) is 1. The van der Waals surface area contributed by atoms with Gasteiger partial charge in [0.15, 0.2) is 0 Å². The van der Waals surface area contributed by atoms with Crippen molar-refractivity contribution in [1.29, 1.82) is 0 Å². The van der Waals surface area contributed by atoms with Crippen LogP contribution in [0.3, 0.4) is 0 Å². The van der Waals surface area contributed by atoms with Gasteiger partial charge in [-0.2, -0.15) is 0 Å². The largest absolute Gasteiger partial charge is 0.240 e. The molecule has 0 atom stereocenters. The lowest BCUT2D eigenvalue weighted by Gasteiger charge is -2.14. The maximum Gasteiger partial charge on any atom is 0.240 e. The van der Waals surface area contributed by atoms with Gasteiger partial charge in [-0.25, -0.2) is 13.1 Å². The topological polar surface area (TPSA) is 46.2 Å². The Hall–Kier alpha value is -0.870. The van der Waals surface area contributed by atoms with Gasteiger partial charge in [0, 0.05) is 6.54 Å². The predicted octanol–water partition coefficient (Wildman–Crippen LogP) is 2.46. The van der Waals surface area contributed by atoms with Gasteiger partial charge in [-0.05, 0) is 43.2 Å². The van der Waals surface area contributed by atoms with Crippen molar-refractivity contribution in [2.75, 3.05) is 6.54 Å². The summed E-state index contributed by atoms with van der Waals surface area (Å²) in [5.41, 5.74) is 1.02. The third-order valence-corrected chi connectivity index (χ3v) is 5.29. The van der Waals surface area contributed by atoms with Crippen molar-refractivity contribution >= 4 is 10.0 Å². The van der Waals surface area contributed by atoms with Gasteiger partial charge in [0.2, 0.25) is 10.0 Å². The third-order valence-electron chi connectivity index (χ3n) is 3.73. The minimum Gasteiger partial charge on any atom is -0.211 e. The average Bonchev–Trinajstić information content (AvgIpc) is 3.08. The van der Waals surface area contributed by atoms with Crippen LogP contribution in [0.15, 0.2) is 29.2 Å². The molecule has 1 fully saturated rings. The van der Waals surface area contributed by atoms with E-state index < -0.39 is 10.0 Å². The second-order valence-electron chi connectivity index (χ2n) is 4.94. The first-order valence-corrected chi connectivity index (χ1v) is 7.53. The first-order valence-electron chi connectivity index (χ1n) is 6.04. The smallest absolute Gasteiger partial charge is 0.211 e. The van der Waals surface area contributed by atoms with E-state index in [1.54, 1.807) is 12.1 Å². The lowest BCUT2D eigenvalue weighted by molar-refractivity contribution is 0.475. The van der Waals surface area contributed by atoms with E-state index in [0.717, 1.165) is 24.8 Å². The summed E-state index contributed by atoms with van der Waals surface area (Å²) in [7, 11) is -3.34. The van der Waals surface area contributed by atoms with E-state index >= 15 is 0 Å².